The quantitative estimate of drug-likeness (QED) is 0.652. The molecule has 0 saturated heterocycles. The van der Waals surface area contributed by atoms with E-state index in [-0.39, 0.29) is 6.54 Å². The minimum atomic E-state index is -1.17. The van der Waals surface area contributed by atoms with Gasteiger partial charge in [-0.05, 0) is 12.8 Å². The van der Waals surface area contributed by atoms with E-state index in [0.717, 1.165) is 17.7 Å². The van der Waals surface area contributed by atoms with Crippen LogP contribution in [0.2, 0.25) is 0 Å². The SMILES string of the molecule is CCC(CC)CN(CC)C(=O)N(CC(N)=O)CC(=O)O. The molecule has 0 aliphatic rings. The zero-order chi connectivity index (χ0) is 15.7. The first-order chi connectivity index (χ1) is 9.35. The number of amides is 3. The fourth-order valence-electron chi connectivity index (χ4n) is 1.94. The first kappa shape index (κ1) is 18.2. The Balaban J connectivity index is 4.88. The number of carboxylic acids is 1. The Labute approximate surface area is 119 Å². The maximum Gasteiger partial charge on any atom is 0.323 e. The van der Waals surface area contributed by atoms with Gasteiger partial charge < -0.3 is 20.6 Å². The molecule has 7 heteroatoms. The highest BCUT2D eigenvalue weighted by molar-refractivity contribution is 5.85. The molecule has 0 bridgehead atoms. The van der Waals surface area contributed by atoms with Crippen LogP contribution in [0.4, 0.5) is 4.79 Å². The average molecular weight is 287 g/mol. The maximum absolute atomic E-state index is 12.3. The van der Waals surface area contributed by atoms with Crippen molar-refractivity contribution < 1.29 is 19.5 Å². The van der Waals surface area contributed by atoms with E-state index in [0.29, 0.717) is 19.0 Å². The number of aliphatic carboxylic acids is 1. The Morgan fingerprint density at radius 3 is 1.95 bits per heavy atom. The Hall–Kier alpha value is -1.79. The van der Waals surface area contributed by atoms with Gasteiger partial charge in [-0.2, -0.15) is 0 Å². The van der Waals surface area contributed by atoms with Crippen LogP contribution in [-0.4, -0.2) is 59.0 Å². The fraction of sp³-hybridized carbons (Fsp3) is 0.769. The summed E-state index contributed by atoms with van der Waals surface area (Å²) in [7, 11) is 0. The third kappa shape index (κ3) is 6.40. The molecule has 3 amide bonds. The summed E-state index contributed by atoms with van der Waals surface area (Å²) in [5.74, 6) is -1.53. The second-order valence-electron chi connectivity index (χ2n) is 4.72. The molecule has 0 fully saturated rings. The fourth-order valence-corrected chi connectivity index (χ4v) is 1.94. The number of nitrogens with zero attached hydrogens (tertiary/aromatic N) is 2. The summed E-state index contributed by atoms with van der Waals surface area (Å²) in [6, 6.07) is -0.458. The van der Waals surface area contributed by atoms with Gasteiger partial charge in [0.1, 0.15) is 13.1 Å². The Morgan fingerprint density at radius 2 is 1.60 bits per heavy atom. The zero-order valence-electron chi connectivity index (χ0n) is 12.5. The van der Waals surface area contributed by atoms with Gasteiger partial charge >= 0.3 is 12.0 Å². The van der Waals surface area contributed by atoms with Crippen LogP contribution in [-0.2, 0) is 9.59 Å². The van der Waals surface area contributed by atoms with Gasteiger partial charge in [0.25, 0.3) is 0 Å². The van der Waals surface area contributed by atoms with Gasteiger partial charge in [0.15, 0.2) is 0 Å². The van der Waals surface area contributed by atoms with Gasteiger partial charge in [0.05, 0.1) is 0 Å². The molecule has 0 saturated carbocycles. The molecule has 116 valence electrons. The summed E-state index contributed by atoms with van der Waals surface area (Å²) >= 11 is 0. The Kier molecular flexibility index (Phi) is 8.35. The number of hydrogen-bond acceptors (Lipinski definition) is 3. The number of carboxylic acid groups (broad SMARTS) is 1. The molecule has 0 radical (unpaired) electrons. The number of carbonyl (C=O) groups is 3. The van der Waals surface area contributed by atoms with Crippen LogP contribution in [0.25, 0.3) is 0 Å². The van der Waals surface area contributed by atoms with E-state index in [1.54, 1.807) is 4.90 Å². The average Bonchev–Trinajstić information content (AvgIpc) is 2.37. The molecule has 0 rings (SSSR count). The highest BCUT2D eigenvalue weighted by atomic mass is 16.4. The summed E-state index contributed by atoms with van der Waals surface area (Å²) in [5, 5.41) is 8.81. The minimum Gasteiger partial charge on any atom is -0.480 e. The first-order valence-corrected chi connectivity index (χ1v) is 6.89. The van der Waals surface area contributed by atoms with Gasteiger partial charge in [0, 0.05) is 13.1 Å². The predicted octanol–water partition coefficient (Wildman–Crippen LogP) is 0.736. The molecule has 0 atom stereocenters. The molecule has 0 heterocycles. The number of nitrogens with two attached hydrogens (primary N) is 1. The van der Waals surface area contributed by atoms with Gasteiger partial charge in [-0.1, -0.05) is 26.7 Å². The lowest BCUT2D eigenvalue weighted by Crippen LogP contribution is -2.49. The maximum atomic E-state index is 12.3. The molecular weight excluding hydrogens is 262 g/mol. The molecule has 7 nitrogen and oxygen atoms in total. The number of hydrogen-bond donors (Lipinski definition) is 2. The first-order valence-electron chi connectivity index (χ1n) is 6.89. The monoisotopic (exact) mass is 287 g/mol. The Morgan fingerprint density at radius 1 is 1.05 bits per heavy atom. The van der Waals surface area contributed by atoms with Crippen molar-refractivity contribution in [3.8, 4) is 0 Å². The van der Waals surface area contributed by atoms with Crippen molar-refractivity contribution in [2.45, 2.75) is 33.6 Å². The highest BCUT2D eigenvalue weighted by Crippen LogP contribution is 2.11. The standard InChI is InChI=1S/C13H25N3O4/c1-4-10(5-2)7-15(6-3)13(20)16(8-11(14)17)9-12(18)19/h10H,4-9H2,1-3H3,(H2,14,17)(H,18,19). The lowest BCUT2D eigenvalue weighted by Gasteiger charge is -2.30. The van der Waals surface area contributed by atoms with Crippen molar-refractivity contribution in [2.75, 3.05) is 26.2 Å². The summed E-state index contributed by atoms with van der Waals surface area (Å²) in [5.41, 5.74) is 5.06. The van der Waals surface area contributed by atoms with E-state index in [4.69, 9.17) is 10.8 Å². The predicted molar refractivity (Wildman–Crippen MR) is 75.1 cm³/mol. The minimum absolute atomic E-state index is 0.360. The van der Waals surface area contributed by atoms with Gasteiger partial charge in [-0.3, -0.25) is 9.59 Å². The van der Waals surface area contributed by atoms with Gasteiger partial charge in [0.2, 0.25) is 5.91 Å². The second-order valence-corrected chi connectivity index (χ2v) is 4.72. The second kappa shape index (κ2) is 9.17. The van der Waals surface area contributed by atoms with E-state index in [1.807, 2.05) is 20.8 Å². The zero-order valence-corrected chi connectivity index (χ0v) is 12.5. The summed E-state index contributed by atoms with van der Waals surface area (Å²) in [4.78, 5) is 36.6. The highest BCUT2D eigenvalue weighted by Gasteiger charge is 2.24. The van der Waals surface area contributed by atoms with E-state index in [9.17, 15) is 14.4 Å². The number of rotatable bonds is 9. The van der Waals surface area contributed by atoms with Crippen molar-refractivity contribution in [2.24, 2.45) is 11.7 Å². The van der Waals surface area contributed by atoms with E-state index in [2.05, 4.69) is 0 Å². The van der Waals surface area contributed by atoms with Crippen LogP contribution in [0, 0.1) is 5.92 Å². The molecule has 0 aromatic rings. The molecule has 0 aliphatic carbocycles. The molecule has 0 spiro atoms. The summed E-state index contributed by atoms with van der Waals surface area (Å²) < 4.78 is 0. The van der Waals surface area contributed by atoms with Gasteiger partial charge in [-0.15, -0.1) is 0 Å². The molecule has 3 N–H and O–H groups in total. The van der Waals surface area contributed by atoms with Crippen LogP contribution in [0.5, 0.6) is 0 Å². The van der Waals surface area contributed by atoms with E-state index in [1.165, 1.54) is 0 Å². The normalized spacial score (nSPS) is 10.4. The lowest BCUT2D eigenvalue weighted by molar-refractivity contribution is -0.138. The van der Waals surface area contributed by atoms with Crippen molar-refractivity contribution in [3.63, 3.8) is 0 Å². The summed E-state index contributed by atoms with van der Waals surface area (Å²) in [6.07, 6.45) is 1.88. The van der Waals surface area contributed by atoms with Crippen LogP contribution < -0.4 is 5.73 Å². The molecule has 0 unspecified atom stereocenters. The smallest absolute Gasteiger partial charge is 0.323 e. The number of primary amides is 1. The molecule has 0 aliphatic heterocycles. The summed E-state index contributed by atoms with van der Waals surface area (Å²) in [6.45, 7) is 6.02. The molecular formula is C13H25N3O4. The van der Waals surface area contributed by atoms with E-state index >= 15 is 0 Å². The van der Waals surface area contributed by atoms with E-state index < -0.39 is 24.5 Å². The lowest BCUT2D eigenvalue weighted by atomic mass is 10.0. The van der Waals surface area contributed by atoms with Gasteiger partial charge in [-0.25, -0.2) is 4.79 Å². The third-order valence-electron chi connectivity index (χ3n) is 3.23. The largest absolute Gasteiger partial charge is 0.480 e. The molecule has 0 aromatic carbocycles. The topological polar surface area (TPSA) is 104 Å². The van der Waals surface area contributed by atoms with Crippen molar-refractivity contribution >= 4 is 17.9 Å². The van der Waals surface area contributed by atoms with Crippen LogP contribution >= 0.6 is 0 Å². The Bertz CT molecular complexity index is 327. The van der Waals surface area contributed by atoms with Crippen LogP contribution in [0.1, 0.15) is 33.6 Å². The number of carbonyl (C=O) groups excluding carboxylic acids is 2. The van der Waals surface area contributed by atoms with Crippen molar-refractivity contribution in [3.05, 3.63) is 0 Å². The van der Waals surface area contributed by atoms with Crippen LogP contribution in [0.15, 0.2) is 0 Å². The molecule has 0 aromatic heterocycles. The number of urea groups is 1. The third-order valence-corrected chi connectivity index (χ3v) is 3.23. The van der Waals surface area contributed by atoms with Crippen molar-refractivity contribution in [1.82, 2.24) is 9.80 Å². The molecule has 20 heavy (non-hydrogen) atoms. The van der Waals surface area contributed by atoms with Crippen molar-refractivity contribution in [1.29, 1.82) is 0 Å². The van der Waals surface area contributed by atoms with Crippen LogP contribution in [0.3, 0.4) is 0 Å².